The molecule has 0 aliphatic carbocycles. The molecule has 2 heterocycles. The number of nitrogens with zero attached hydrogens (tertiary/aromatic N) is 3. The smallest absolute Gasteiger partial charge is 0.257 e. The summed E-state index contributed by atoms with van der Waals surface area (Å²) >= 11 is 4.05. The predicted octanol–water partition coefficient (Wildman–Crippen LogP) is 2.18. The van der Waals surface area contributed by atoms with Crippen LogP contribution in [0.25, 0.3) is 0 Å². The van der Waals surface area contributed by atoms with Gasteiger partial charge < -0.3 is 0 Å². The van der Waals surface area contributed by atoms with Crippen LogP contribution in [-0.4, -0.2) is 37.9 Å². The Morgan fingerprint density at radius 2 is 2.30 bits per heavy atom. The Morgan fingerprint density at radius 1 is 1.45 bits per heavy atom. The van der Waals surface area contributed by atoms with Crippen LogP contribution in [-0.2, 0) is 16.0 Å². The van der Waals surface area contributed by atoms with E-state index < -0.39 is 0 Å². The molecular formula is C11H14N4O2S3. The number of nitrogens with one attached hydrogen (secondary N) is 1. The van der Waals surface area contributed by atoms with E-state index in [0.717, 1.165) is 24.3 Å². The first-order valence-electron chi connectivity index (χ1n) is 6.16. The average molecular weight is 330 g/mol. The van der Waals surface area contributed by atoms with Crippen LogP contribution in [0.1, 0.15) is 24.8 Å². The quantitative estimate of drug-likeness (QED) is 0.860. The summed E-state index contributed by atoms with van der Waals surface area (Å²) in [6.07, 6.45) is 3.08. The van der Waals surface area contributed by atoms with Crippen LogP contribution in [0.5, 0.6) is 0 Å². The number of rotatable bonds is 6. The van der Waals surface area contributed by atoms with Gasteiger partial charge in [0.05, 0.1) is 11.5 Å². The van der Waals surface area contributed by atoms with E-state index in [1.165, 1.54) is 34.9 Å². The Kier molecular flexibility index (Phi) is 5.99. The number of aliphatic imine (C=N–C) groups is 1. The molecule has 2 amide bonds. The van der Waals surface area contributed by atoms with Gasteiger partial charge in [0.1, 0.15) is 9.38 Å². The number of carbonyl (C=O) groups excluding carboxylic acids is 2. The first-order chi connectivity index (χ1) is 9.67. The number of anilines is 1. The predicted molar refractivity (Wildman–Crippen MR) is 84.5 cm³/mol. The van der Waals surface area contributed by atoms with Gasteiger partial charge >= 0.3 is 0 Å². The molecule has 1 aromatic rings. The fourth-order valence-electron chi connectivity index (χ4n) is 1.38. The van der Waals surface area contributed by atoms with Crippen molar-refractivity contribution in [1.29, 1.82) is 0 Å². The van der Waals surface area contributed by atoms with Gasteiger partial charge in [0.2, 0.25) is 11.0 Å². The average Bonchev–Trinajstić information content (AvgIpc) is 3.03. The number of thioether (sulfide) groups is 2. The normalized spacial score (nSPS) is 14.4. The Morgan fingerprint density at radius 3 is 3.00 bits per heavy atom. The van der Waals surface area contributed by atoms with Crippen LogP contribution < -0.4 is 5.32 Å². The molecule has 0 unspecified atom stereocenters. The van der Waals surface area contributed by atoms with Crippen LogP contribution in [0, 0.1) is 0 Å². The fourth-order valence-corrected chi connectivity index (χ4v) is 3.84. The Hall–Kier alpha value is -0.930. The van der Waals surface area contributed by atoms with Crippen molar-refractivity contribution in [1.82, 2.24) is 10.2 Å². The van der Waals surface area contributed by atoms with Crippen molar-refractivity contribution in [2.75, 3.05) is 16.8 Å². The van der Waals surface area contributed by atoms with E-state index in [9.17, 15) is 9.59 Å². The summed E-state index contributed by atoms with van der Waals surface area (Å²) in [5.74, 6) is 0.308. The summed E-state index contributed by atoms with van der Waals surface area (Å²) in [4.78, 5) is 26.5. The highest BCUT2D eigenvalue weighted by atomic mass is 32.2. The molecular weight excluding hydrogens is 316 g/mol. The fraction of sp³-hybridized carbons (Fsp3) is 0.545. The summed E-state index contributed by atoms with van der Waals surface area (Å²) in [6, 6.07) is 0. The summed E-state index contributed by atoms with van der Waals surface area (Å²) in [5, 5.41) is 12.1. The third kappa shape index (κ3) is 4.88. The monoisotopic (exact) mass is 330 g/mol. The molecule has 2 rings (SSSR count). The van der Waals surface area contributed by atoms with E-state index in [0.29, 0.717) is 15.3 Å². The maximum Gasteiger partial charge on any atom is 0.257 e. The van der Waals surface area contributed by atoms with Crippen molar-refractivity contribution in [2.45, 2.75) is 26.2 Å². The first-order valence-corrected chi connectivity index (χ1v) is 8.95. The molecule has 108 valence electrons. The topological polar surface area (TPSA) is 84.3 Å². The number of hydrogen-bond acceptors (Lipinski definition) is 7. The SMILES string of the molecule is CCCCc1nnc(NC(=O)CSC2=NC(=O)CS2)s1. The van der Waals surface area contributed by atoms with Crippen molar-refractivity contribution in [3.8, 4) is 0 Å². The van der Waals surface area contributed by atoms with E-state index in [-0.39, 0.29) is 17.6 Å². The van der Waals surface area contributed by atoms with Gasteiger partial charge in [-0.25, -0.2) is 0 Å². The number of aromatic nitrogens is 2. The van der Waals surface area contributed by atoms with E-state index >= 15 is 0 Å². The lowest BCUT2D eigenvalue weighted by Gasteiger charge is -1.99. The van der Waals surface area contributed by atoms with E-state index in [4.69, 9.17) is 0 Å². The van der Waals surface area contributed by atoms with Gasteiger partial charge in [0.15, 0.2) is 0 Å². The number of carbonyl (C=O) groups is 2. The molecule has 0 saturated heterocycles. The van der Waals surface area contributed by atoms with Gasteiger partial charge in [0, 0.05) is 6.42 Å². The molecule has 0 aromatic carbocycles. The van der Waals surface area contributed by atoms with Gasteiger partial charge in [-0.15, -0.1) is 10.2 Å². The summed E-state index contributed by atoms with van der Waals surface area (Å²) in [6.45, 7) is 2.12. The molecule has 0 atom stereocenters. The van der Waals surface area contributed by atoms with E-state index in [1.807, 2.05) is 0 Å². The molecule has 0 radical (unpaired) electrons. The van der Waals surface area contributed by atoms with Crippen molar-refractivity contribution in [2.24, 2.45) is 4.99 Å². The Labute approximate surface area is 129 Å². The standard InChI is InChI=1S/C11H14N4O2S3/c1-2-3-4-9-14-15-10(20-9)12-7(16)5-18-11-13-8(17)6-19-11/h2-6H2,1H3,(H,12,15,16). The maximum atomic E-state index is 11.7. The zero-order valence-corrected chi connectivity index (χ0v) is 13.4. The largest absolute Gasteiger partial charge is 0.300 e. The van der Waals surface area contributed by atoms with Gasteiger partial charge in [-0.05, 0) is 6.42 Å². The zero-order chi connectivity index (χ0) is 14.4. The highest BCUT2D eigenvalue weighted by molar-refractivity contribution is 8.39. The van der Waals surface area contributed by atoms with Crippen LogP contribution >= 0.6 is 34.9 Å². The maximum absolute atomic E-state index is 11.7. The minimum Gasteiger partial charge on any atom is -0.300 e. The molecule has 20 heavy (non-hydrogen) atoms. The van der Waals surface area contributed by atoms with Crippen LogP contribution in [0.4, 0.5) is 5.13 Å². The van der Waals surface area contributed by atoms with Crippen molar-refractivity contribution >= 4 is 56.2 Å². The molecule has 1 N–H and O–H groups in total. The third-order valence-corrected chi connectivity index (χ3v) is 5.40. The zero-order valence-electron chi connectivity index (χ0n) is 10.9. The highest BCUT2D eigenvalue weighted by Gasteiger charge is 2.17. The lowest BCUT2D eigenvalue weighted by Crippen LogP contribution is -2.14. The summed E-state index contributed by atoms with van der Waals surface area (Å²) < 4.78 is 0.658. The summed E-state index contributed by atoms with van der Waals surface area (Å²) in [5.41, 5.74) is 0. The first kappa shape index (κ1) is 15.5. The van der Waals surface area contributed by atoms with Crippen LogP contribution in [0.3, 0.4) is 0 Å². The highest BCUT2D eigenvalue weighted by Crippen LogP contribution is 2.23. The molecule has 9 heteroatoms. The van der Waals surface area contributed by atoms with Gasteiger partial charge in [-0.1, -0.05) is 48.2 Å². The number of unbranched alkanes of at least 4 members (excludes halogenated alkanes) is 1. The molecule has 0 spiro atoms. The van der Waals surface area contributed by atoms with E-state index in [2.05, 4.69) is 27.4 Å². The number of aryl methyl sites for hydroxylation is 1. The van der Waals surface area contributed by atoms with Crippen LogP contribution in [0.2, 0.25) is 0 Å². The van der Waals surface area contributed by atoms with Gasteiger partial charge in [0.25, 0.3) is 5.91 Å². The number of amides is 2. The molecule has 1 aliphatic heterocycles. The Balaban J connectivity index is 1.75. The minimum atomic E-state index is -0.157. The van der Waals surface area contributed by atoms with Gasteiger partial charge in [-0.3, -0.25) is 14.9 Å². The van der Waals surface area contributed by atoms with Gasteiger partial charge in [-0.2, -0.15) is 4.99 Å². The van der Waals surface area contributed by atoms with Crippen molar-refractivity contribution < 1.29 is 9.59 Å². The lowest BCUT2D eigenvalue weighted by molar-refractivity contribution is -0.115. The molecule has 1 aromatic heterocycles. The van der Waals surface area contributed by atoms with E-state index in [1.54, 1.807) is 0 Å². The molecule has 0 bridgehead atoms. The minimum absolute atomic E-state index is 0.136. The Bertz CT molecular complexity index is 529. The molecule has 0 fully saturated rings. The second-order valence-corrected chi connectivity index (χ2v) is 7.25. The molecule has 0 saturated carbocycles. The second-order valence-electron chi connectivity index (χ2n) is 4.00. The van der Waals surface area contributed by atoms with Crippen molar-refractivity contribution in [3.05, 3.63) is 5.01 Å². The van der Waals surface area contributed by atoms with Crippen molar-refractivity contribution in [3.63, 3.8) is 0 Å². The second kappa shape index (κ2) is 7.75. The molecule has 6 nitrogen and oxygen atoms in total. The number of hydrogen-bond donors (Lipinski definition) is 1. The molecule has 1 aliphatic rings. The van der Waals surface area contributed by atoms with Crippen LogP contribution in [0.15, 0.2) is 4.99 Å². The lowest BCUT2D eigenvalue weighted by atomic mass is 10.3. The third-order valence-electron chi connectivity index (χ3n) is 2.32. The summed E-state index contributed by atoms with van der Waals surface area (Å²) in [7, 11) is 0.